The highest BCUT2D eigenvalue weighted by Crippen LogP contribution is 2.40. The van der Waals surface area contributed by atoms with Crippen LogP contribution in [-0.4, -0.2) is 59.3 Å². The maximum Gasteiger partial charge on any atom is 0.433 e. The number of sulfonamides is 1. The third-order valence-electron chi connectivity index (χ3n) is 5.87. The Morgan fingerprint density at radius 1 is 1.18 bits per heavy atom. The normalized spacial score (nSPS) is 16.3. The van der Waals surface area contributed by atoms with E-state index in [-0.39, 0.29) is 30.1 Å². The van der Waals surface area contributed by atoms with Crippen molar-refractivity contribution in [3.05, 3.63) is 48.0 Å². The Kier molecular flexibility index (Phi) is 7.42. The number of anilines is 2. The van der Waals surface area contributed by atoms with E-state index in [0.29, 0.717) is 38.4 Å². The molecule has 1 aliphatic rings. The largest absolute Gasteiger partial charge is 0.486 e. The van der Waals surface area contributed by atoms with Gasteiger partial charge in [-0.1, -0.05) is 0 Å². The summed E-state index contributed by atoms with van der Waals surface area (Å²) >= 11 is 0. The van der Waals surface area contributed by atoms with Gasteiger partial charge in [0.25, 0.3) is 10.0 Å². The molecular formula is C22H22F6N6O5S. The lowest BCUT2D eigenvalue weighted by molar-refractivity contribution is -0.242. The number of nitrogens with zero attached hydrogens (tertiary/aromatic N) is 3. The van der Waals surface area contributed by atoms with Gasteiger partial charge < -0.3 is 9.47 Å². The van der Waals surface area contributed by atoms with Crippen molar-refractivity contribution in [1.29, 1.82) is 0 Å². The van der Waals surface area contributed by atoms with E-state index in [0.717, 1.165) is 16.4 Å². The van der Waals surface area contributed by atoms with Crippen molar-refractivity contribution in [3.63, 3.8) is 0 Å². The molecule has 3 heterocycles. The lowest BCUT2D eigenvalue weighted by Crippen LogP contribution is -2.44. The average molecular weight is 597 g/mol. The van der Waals surface area contributed by atoms with Gasteiger partial charge in [-0.05, 0) is 50.6 Å². The third-order valence-corrected chi connectivity index (χ3v) is 7.65. The second kappa shape index (κ2) is 10.2. The number of aryl methyl sites for hydroxylation is 1. The van der Waals surface area contributed by atoms with Gasteiger partial charge in [0.15, 0.2) is 0 Å². The standard InChI is InChI=1S/C22H22F6N6O5S/c1-20(2,22(26,27)28)39-19(35)30-12-3-5-16-15(9-12)34(11-13(38-16)4-6-18-31-33-32-18)40(36,37)14-7-8-29-17(10-14)21(23,24)25/h3,5,7-10,13,33H,4,6,11H2,1-2H3,(H,30,35)(H,31,32). The van der Waals surface area contributed by atoms with Crippen molar-refractivity contribution < 1.29 is 49.0 Å². The second-order valence-electron chi connectivity index (χ2n) is 9.19. The lowest BCUT2D eigenvalue weighted by atomic mass is 10.1. The van der Waals surface area contributed by atoms with E-state index >= 15 is 0 Å². The Labute approximate surface area is 222 Å². The minimum atomic E-state index is -4.91. The lowest BCUT2D eigenvalue weighted by Gasteiger charge is -2.36. The number of pyridine rings is 1. The number of amides is 1. The van der Waals surface area contributed by atoms with Crippen LogP contribution in [0, 0.1) is 0 Å². The fraction of sp³-hybridized carbons (Fsp3) is 0.409. The van der Waals surface area contributed by atoms with Crippen LogP contribution < -0.4 is 14.4 Å². The zero-order valence-corrected chi connectivity index (χ0v) is 21.5. The Morgan fingerprint density at radius 3 is 2.48 bits per heavy atom. The molecule has 0 bridgehead atoms. The molecule has 1 atom stereocenters. The minimum absolute atomic E-state index is 0.00102. The van der Waals surface area contributed by atoms with E-state index in [1.54, 1.807) is 0 Å². The number of aromatic nitrogens is 4. The Morgan fingerprint density at radius 2 is 1.88 bits per heavy atom. The molecule has 0 spiro atoms. The molecule has 2 aromatic heterocycles. The van der Waals surface area contributed by atoms with Crippen LogP contribution in [0.25, 0.3) is 0 Å². The summed E-state index contributed by atoms with van der Waals surface area (Å²) in [6, 6.07) is 4.88. The predicted octanol–water partition coefficient (Wildman–Crippen LogP) is 4.63. The monoisotopic (exact) mass is 596 g/mol. The Bertz CT molecular complexity index is 1470. The summed E-state index contributed by atoms with van der Waals surface area (Å²) < 4.78 is 117. The van der Waals surface area contributed by atoms with E-state index in [2.05, 4.69) is 30.4 Å². The molecule has 1 unspecified atom stereocenters. The molecular weight excluding hydrogens is 574 g/mol. The maximum atomic E-state index is 13.6. The molecule has 1 aliphatic heterocycles. The molecule has 4 rings (SSSR count). The summed E-state index contributed by atoms with van der Waals surface area (Å²) in [6.07, 6.45) is -10.7. The smallest absolute Gasteiger partial charge is 0.433 e. The molecule has 1 aromatic carbocycles. The predicted molar refractivity (Wildman–Crippen MR) is 126 cm³/mol. The molecule has 0 fully saturated rings. The fourth-order valence-corrected chi connectivity index (χ4v) is 5.12. The van der Waals surface area contributed by atoms with E-state index < -0.39 is 50.8 Å². The zero-order valence-electron chi connectivity index (χ0n) is 20.7. The summed E-state index contributed by atoms with van der Waals surface area (Å²) in [6.45, 7) is 0.952. The van der Waals surface area contributed by atoms with E-state index in [1.807, 2.05) is 0 Å². The van der Waals surface area contributed by atoms with Gasteiger partial charge in [-0.25, -0.2) is 18.4 Å². The van der Waals surface area contributed by atoms with Gasteiger partial charge in [-0.3, -0.25) is 19.7 Å². The quantitative estimate of drug-likeness (QED) is 0.338. The first-order chi connectivity index (χ1) is 18.5. The van der Waals surface area contributed by atoms with Crippen LogP contribution >= 0.6 is 0 Å². The van der Waals surface area contributed by atoms with Crippen molar-refractivity contribution in [2.24, 2.45) is 0 Å². The van der Waals surface area contributed by atoms with Crippen molar-refractivity contribution in [2.45, 2.75) is 55.6 Å². The molecule has 218 valence electrons. The van der Waals surface area contributed by atoms with Crippen molar-refractivity contribution in [3.8, 4) is 5.75 Å². The van der Waals surface area contributed by atoms with E-state index in [4.69, 9.17) is 4.74 Å². The van der Waals surface area contributed by atoms with Crippen molar-refractivity contribution in [2.75, 3.05) is 16.2 Å². The maximum absolute atomic E-state index is 13.6. The summed E-state index contributed by atoms with van der Waals surface area (Å²) in [5.41, 5.74) is -4.58. The molecule has 0 radical (unpaired) electrons. The van der Waals surface area contributed by atoms with Crippen molar-refractivity contribution >= 4 is 27.5 Å². The molecule has 40 heavy (non-hydrogen) atoms. The number of benzene rings is 1. The first-order valence-electron chi connectivity index (χ1n) is 11.5. The number of ether oxygens (including phenoxy) is 2. The number of hydrogen-bond acceptors (Lipinski definition) is 7. The number of H-pyrrole nitrogens is 2. The van der Waals surface area contributed by atoms with Gasteiger partial charge in [0.1, 0.15) is 23.4 Å². The molecule has 11 nitrogen and oxygen atoms in total. The highest BCUT2D eigenvalue weighted by Gasteiger charge is 2.51. The number of rotatable bonds is 7. The van der Waals surface area contributed by atoms with E-state index in [1.165, 1.54) is 12.1 Å². The van der Waals surface area contributed by atoms with Crippen molar-refractivity contribution in [1.82, 2.24) is 20.4 Å². The molecule has 3 N–H and O–H groups in total. The Hall–Kier alpha value is -3.96. The van der Waals surface area contributed by atoms with Crippen LogP contribution in [0.4, 0.5) is 42.5 Å². The second-order valence-corrected chi connectivity index (χ2v) is 11.1. The summed E-state index contributed by atoms with van der Waals surface area (Å²) in [5, 5.41) is 11.1. The van der Waals surface area contributed by atoms with Crippen LogP contribution in [0.15, 0.2) is 41.4 Å². The van der Waals surface area contributed by atoms with Crippen LogP contribution in [-0.2, 0) is 27.4 Å². The molecule has 0 saturated heterocycles. The zero-order chi connectivity index (χ0) is 29.5. The average Bonchev–Trinajstić information content (AvgIpc) is 2.81. The number of alkyl halides is 6. The number of aromatic amines is 2. The SMILES string of the molecule is CC(C)(OC(=O)Nc1ccc2c(c1)N(S(=O)(=O)c1ccnc(C(F)(F)F)c1)CC(CCc1n[nH][nH]1)O2)C(F)(F)F. The highest BCUT2D eigenvalue weighted by atomic mass is 32.2. The van der Waals surface area contributed by atoms with E-state index in [9.17, 15) is 39.6 Å². The highest BCUT2D eigenvalue weighted by molar-refractivity contribution is 7.92. The third kappa shape index (κ3) is 6.10. The van der Waals surface area contributed by atoms with Gasteiger partial charge >= 0.3 is 18.4 Å². The van der Waals surface area contributed by atoms with Gasteiger partial charge in [0, 0.05) is 18.3 Å². The number of hydrogen-bond donors (Lipinski definition) is 3. The first kappa shape index (κ1) is 29.0. The minimum Gasteiger partial charge on any atom is -0.486 e. The van der Waals surface area contributed by atoms with Gasteiger partial charge in [-0.2, -0.15) is 26.3 Å². The van der Waals surface area contributed by atoms with Gasteiger partial charge in [-0.15, -0.1) is 5.10 Å². The van der Waals surface area contributed by atoms with Crippen LogP contribution in [0.2, 0.25) is 0 Å². The van der Waals surface area contributed by atoms with Crippen LogP contribution in [0.3, 0.4) is 0 Å². The number of carbonyl (C=O) groups is 1. The Balaban J connectivity index is 1.67. The number of halogens is 6. The van der Waals surface area contributed by atoms with Gasteiger partial charge in [0.05, 0.1) is 17.1 Å². The molecule has 3 aromatic rings. The first-order valence-corrected chi connectivity index (χ1v) is 12.9. The number of nitrogens with one attached hydrogen (secondary N) is 3. The summed E-state index contributed by atoms with van der Waals surface area (Å²) in [4.78, 5) is 14.7. The molecule has 1 amide bonds. The van der Waals surface area contributed by atoms with Gasteiger partial charge in [0.2, 0.25) is 5.60 Å². The van der Waals surface area contributed by atoms with Crippen LogP contribution in [0.5, 0.6) is 5.75 Å². The summed E-state index contributed by atoms with van der Waals surface area (Å²) in [7, 11) is -4.65. The number of fused-ring (bicyclic) bond motifs is 1. The summed E-state index contributed by atoms with van der Waals surface area (Å²) in [5.74, 6) is 0.577. The number of carbonyl (C=O) groups excluding carboxylic acids is 1. The molecule has 0 aliphatic carbocycles. The molecule has 0 saturated carbocycles. The fourth-order valence-electron chi connectivity index (χ4n) is 3.61. The topological polar surface area (TPSA) is 142 Å². The van der Waals surface area contributed by atoms with Crippen LogP contribution in [0.1, 0.15) is 31.8 Å². The molecule has 18 heteroatoms.